The molecule has 1 rings (SSSR count). The molecule has 0 aliphatic heterocycles. The van der Waals surface area contributed by atoms with Crippen LogP contribution in [0.25, 0.3) is 0 Å². The van der Waals surface area contributed by atoms with Crippen molar-refractivity contribution < 1.29 is 9.13 Å². The van der Waals surface area contributed by atoms with Gasteiger partial charge in [-0.1, -0.05) is 0 Å². The third kappa shape index (κ3) is 4.10. The minimum atomic E-state index is -0.225. The molecule has 2 nitrogen and oxygen atoms in total. The van der Waals surface area contributed by atoms with Gasteiger partial charge < -0.3 is 10.1 Å². The molecular formula is C12H17BrFNO. The summed E-state index contributed by atoms with van der Waals surface area (Å²) >= 11 is 3.17. The molecule has 0 bridgehead atoms. The van der Waals surface area contributed by atoms with E-state index in [2.05, 4.69) is 21.2 Å². The van der Waals surface area contributed by atoms with Crippen molar-refractivity contribution in [2.75, 3.05) is 25.1 Å². The van der Waals surface area contributed by atoms with Crippen LogP contribution in [0.1, 0.15) is 18.9 Å². The first kappa shape index (κ1) is 13.5. The third-order valence-electron chi connectivity index (χ3n) is 2.25. The molecule has 4 heteroatoms. The van der Waals surface area contributed by atoms with Gasteiger partial charge in [0.05, 0.1) is 4.47 Å². The van der Waals surface area contributed by atoms with Crippen molar-refractivity contribution in [3.63, 3.8) is 0 Å². The average Bonchev–Trinajstić information content (AvgIpc) is 2.25. The van der Waals surface area contributed by atoms with Crippen molar-refractivity contribution in [3.05, 3.63) is 28.0 Å². The Bertz CT molecular complexity index is 344. The monoisotopic (exact) mass is 289 g/mol. The van der Waals surface area contributed by atoms with E-state index in [9.17, 15) is 4.39 Å². The fourth-order valence-electron chi connectivity index (χ4n) is 1.38. The van der Waals surface area contributed by atoms with Crippen molar-refractivity contribution >= 4 is 21.6 Å². The van der Waals surface area contributed by atoms with Gasteiger partial charge in [-0.3, -0.25) is 0 Å². The van der Waals surface area contributed by atoms with E-state index in [1.54, 1.807) is 6.07 Å². The standard InChI is InChI=1S/C12H17BrFNO/c1-3-16-6-4-5-15-12-8-10(13)11(14)7-9(12)2/h7-8,15H,3-6H2,1-2H3. The molecule has 0 spiro atoms. The maximum absolute atomic E-state index is 13.2. The molecule has 1 aromatic rings. The van der Waals surface area contributed by atoms with E-state index < -0.39 is 0 Å². The van der Waals surface area contributed by atoms with Crippen molar-refractivity contribution in [1.82, 2.24) is 0 Å². The summed E-state index contributed by atoms with van der Waals surface area (Å²) in [5.41, 5.74) is 1.88. The maximum atomic E-state index is 13.2. The topological polar surface area (TPSA) is 21.3 Å². The van der Waals surface area contributed by atoms with Crippen molar-refractivity contribution in [2.45, 2.75) is 20.3 Å². The molecule has 0 saturated carbocycles. The predicted octanol–water partition coefficient (Wildman–Crippen LogP) is 3.74. The summed E-state index contributed by atoms with van der Waals surface area (Å²) in [7, 11) is 0. The number of hydrogen-bond donors (Lipinski definition) is 1. The molecule has 1 N–H and O–H groups in total. The molecule has 0 heterocycles. The lowest BCUT2D eigenvalue weighted by molar-refractivity contribution is 0.147. The van der Waals surface area contributed by atoms with Crippen LogP contribution in [-0.4, -0.2) is 19.8 Å². The summed E-state index contributed by atoms with van der Waals surface area (Å²) in [5.74, 6) is -0.225. The number of nitrogens with one attached hydrogen (secondary N) is 1. The maximum Gasteiger partial charge on any atom is 0.137 e. The number of halogens is 2. The van der Waals surface area contributed by atoms with Crippen LogP contribution >= 0.6 is 15.9 Å². The van der Waals surface area contributed by atoms with Gasteiger partial charge in [0.1, 0.15) is 5.82 Å². The predicted molar refractivity (Wildman–Crippen MR) is 68.4 cm³/mol. The molecule has 90 valence electrons. The van der Waals surface area contributed by atoms with Crippen molar-refractivity contribution in [2.24, 2.45) is 0 Å². The number of anilines is 1. The summed E-state index contributed by atoms with van der Waals surface area (Å²) in [4.78, 5) is 0. The minimum Gasteiger partial charge on any atom is -0.385 e. The van der Waals surface area contributed by atoms with E-state index in [0.29, 0.717) is 4.47 Å². The highest BCUT2D eigenvalue weighted by Gasteiger charge is 2.04. The first-order chi connectivity index (χ1) is 7.65. The van der Waals surface area contributed by atoms with Crippen LogP contribution in [-0.2, 0) is 4.74 Å². The van der Waals surface area contributed by atoms with Gasteiger partial charge >= 0.3 is 0 Å². The highest BCUT2D eigenvalue weighted by Crippen LogP contribution is 2.24. The molecule has 0 saturated heterocycles. The molecule has 0 unspecified atom stereocenters. The second-order valence-corrected chi connectivity index (χ2v) is 4.41. The fourth-order valence-corrected chi connectivity index (χ4v) is 1.72. The Morgan fingerprint density at radius 2 is 2.19 bits per heavy atom. The third-order valence-corrected chi connectivity index (χ3v) is 2.86. The number of aryl methyl sites for hydroxylation is 1. The Morgan fingerprint density at radius 1 is 1.44 bits per heavy atom. The molecule has 1 aromatic carbocycles. The van der Waals surface area contributed by atoms with Crippen LogP contribution in [0.5, 0.6) is 0 Å². The molecule has 0 aromatic heterocycles. The van der Waals surface area contributed by atoms with Crippen LogP contribution in [0.3, 0.4) is 0 Å². The van der Waals surface area contributed by atoms with Gasteiger partial charge in [0.15, 0.2) is 0 Å². The highest BCUT2D eigenvalue weighted by molar-refractivity contribution is 9.10. The fraction of sp³-hybridized carbons (Fsp3) is 0.500. The second-order valence-electron chi connectivity index (χ2n) is 3.56. The van der Waals surface area contributed by atoms with Crippen LogP contribution < -0.4 is 5.32 Å². The van der Waals surface area contributed by atoms with E-state index in [1.165, 1.54) is 6.07 Å². The smallest absolute Gasteiger partial charge is 0.137 e. The van der Waals surface area contributed by atoms with Gasteiger partial charge in [0.25, 0.3) is 0 Å². The summed E-state index contributed by atoms with van der Waals surface area (Å²) in [6.45, 7) is 6.21. The van der Waals surface area contributed by atoms with Gasteiger partial charge in [-0.25, -0.2) is 4.39 Å². The zero-order valence-electron chi connectivity index (χ0n) is 9.65. The number of ether oxygens (including phenoxy) is 1. The lowest BCUT2D eigenvalue weighted by Gasteiger charge is -2.10. The van der Waals surface area contributed by atoms with E-state index >= 15 is 0 Å². The summed E-state index contributed by atoms with van der Waals surface area (Å²) < 4.78 is 18.9. The van der Waals surface area contributed by atoms with E-state index in [1.807, 2.05) is 13.8 Å². The molecule has 0 radical (unpaired) electrons. The Labute approximate surface area is 104 Å². The molecular weight excluding hydrogens is 273 g/mol. The minimum absolute atomic E-state index is 0.225. The number of benzene rings is 1. The second kappa shape index (κ2) is 6.86. The van der Waals surface area contributed by atoms with Gasteiger partial charge in [0.2, 0.25) is 0 Å². The number of rotatable bonds is 6. The van der Waals surface area contributed by atoms with E-state index in [4.69, 9.17) is 4.74 Å². The van der Waals surface area contributed by atoms with E-state index in [0.717, 1.165) is 37.4 Å². The van der Waals surface area contributed by atoms with Gasteiger partial charge in [-0.05, 0) is 53.9 Å². The molecule has 0 aliphatic rings. The molecule has 0 atom stereocenters. The molecule has 0 fully saturated rings. The number of hydrogen-bond acceptors (Lipinski definition) is 2. The lowest BCUT2D eigenvalue weighted by Crippen LogP contribution is -2.07. The Morgan fingerprint density at radius 3 is 2.88 bits per heavy atom. The SMILES string of the molecule is CCOCCCNc1cc(Br)c(F)cc1C. The normalized spacial score (nSPS) is 10.5. The first-order valence-corrected chi connectivity index (χ1v) is 6.21. The van der Waals surface area contributed by atoms with Gasteiger partial charge in [-0.2, -0.15) is 0 Å². The zero-order valence-corrected chi connectivity index (χ0v) is 11.2. The van der Waals surface area contributed by atoms with Gasteiger partial charge in [-0.15, -0.1) is 0 Å². The lowest BCUT2D eigenvalue weighted by atomic mass is 10.2. The first-order valence-electron chi connectivity index (χ1n) is 5.42. The highest BCUT2D eigenvalue weighted by atomic mass is 79.9. The van der Waals surface area contributed by atoms with Crippen LogP contribution in [0.4, 0.5) is 10.1 Å². The molecule has 0 amide bonds. The van der Waals surface area contributed by atoms with E-state index in [-0.39, 0.29) is 5.82 Å². The average molecular weight is 290 g/mol. The quantitative estimate of drug-likeness (QED) is 0.806. The Balaban J connectivity index is 2.45. The summed E-state index contributed by atoms with van der Waals surface area (Å²) in [6, 6.07) is 3.29. The molecule has 0 aliphatic carbocycles. The Kier molecular flexibility index (Phi) is 5.77. The summed E-state index contributed by atoms with van der Waals surface area (Å²) in [6.07, 6.45) is 0.947. The van der Waals surface area contributed by atoms with Crippen LogP contribution in [0.15, 0.2) is 16.6 Å². The van der Waals surface area contributed by atoms with Gasteiger partial charge in [0, 0.05) is 25.4 Å². The largest absolute Gasteiger partial charge is 0.385 e. The Hall–Kier alpha value is -0.610. The van der Waals surface area contributed by atoms with Crippen molar-refractivity contribution in [1.29, 1.82) is 0 Å². The van der Waals surface area contributed by atoms with Crippen molar-refractivity contribution in [3.8, 4) is 0 Å². The zero-order chi connectivity index (χ0) is 12.0. The molecule has 16 heavy (non-hydrogen) atoms. The summed E-state index contributed by atoms with van der Waals surface area (Å²) in [5, 5.41) is 3.26. The van der Waals surface area contributed by atoms with Crippen LogP contribution in [0.2, 0.25) is 0 Å². The van der Waals surface area contributed by atoms with Crippen LogP contribution in [0, 0.1) is 12.7 Å².